The second-order valence-electron chi connectivity index (χ2n) is 4.50. The van der Waals surface area contributed by atoms with Crippen LogP contribution >= 0.6 is 11.6 Å². The Morgan fingerprint density at radius 3 is 2.56 bits per heavy atom. The Morgan fingerprint density at radius 1 is 1.22 bits per heavy atom. The third-order valence-electron chi connectivity index (χ3n) is 2.81. The number of nitrogens with two attached hydrogens (primary N) is 1. The van der Waals surface area contributed by atoms with E-state index in [0.717, 1.165) is 11.1 Å². The second kappa shape index (κ2) is 4.94. The van der Waals surface area contributed by atoms with E-state index in [2.05, 4.69) is 4.98 Å². The number of nitrogen functional groups attached to an aromatic ring is 1. The van der Waals surface area contributed by atoms with Crippen LogP contribution in [-0.4, -0.2) is 4.98 Å². The van der Waals surface area contributed by atoms with Crippen molar-refractivity contribution >= 4 is 17.3 Å². The van der Waals surface area contributed by atoms with Crippen LogP contribution in [0.1, 0.15) is 25.3 Å². The molecule has 2 N–H and O–H groups in total. The van der Waals surface area contributed by atoms with Gasteiger partial charge in [-0.3, -0.25) is 4.98 Å². The lowest BCUT2D eigenvalue weighted by atomic mass is 9.95. The Labute approximate surface area is 111 Å². The Balaban J connectivity index is 2.64. The third-order valence-corrected chi connectivity index (χ3v) is 3.02. The Morgan fingerprint density at radius 2 is 1.94 bits per heavy atom. The summed E-state index contributed by atoms with van der Waals surface area (Å²) in [6.07, 6.45) is 3.16. The predicted octanol–water partition coefficient (Wildman–Crippen LogP) is 4.25. The smallest absolute Gasteiger partial charge is 0.124 e. The first-order chi connectivity index (χ1) is 8.49. The predicted molar refractivity (Wildman–Crippen MR) is 73.1 cm³/mol. The van der Waals surface area contributed by atoms with Gasteiger partial charge < -0.3 is 5.73 Å². The normalized spacial score (nSPS) is 10.9. The van der Waals surface area contributed by atoms with E-state index in [9.17, 15) is 4.39 Å². The van der Waals surface area contributed by atoms with Gasteiger partial charge in [-0.05, 0) is 29.7 Å². The summed E-state index contributed by atoms with van der Waals surface area (Å²) in [5.41, 5.74) is 8.83. The van der Waals surface area contributed by atoms with Crippen molar-refractivity contribution in [3.63, 3.8) is 0 Å². The number of hydrogen-bond donors (Lipinski definition) is 1. The maximum absolute atomic E-state index is 13.6. The number of benzene rings is 1. The number of halogens is 2. The van der Waals surface area contributed by atoms with Gasteiger partial charge in [0.25, 0.3) is 0 Å². The van der Waals surface area contributed by atoms with Crippen LogP contribution in [0.4, 0.5) is 10.1 Å². The molecule has 0 saturated carbocycles. The summed E-state index contributed by atoms with van der Waals surface area (Å²) in [6.45, 7) is 3.95. The molecule has 0 fully saturated rings. The SMILES string of the molecule is CC(C)c1cc(F)cc(-c2cncc(Cl)c2)c1N. The number of aromatic nitrogens is 1. The van der Waals surface area contributed by atoms with Crippen LogP contribution in [0.15, 0.2) is 30.6 Å². The maximum Gasteiger partial charge on any atom is 0.124 e. The summed E-state index contributed by atoms with van der Waals surface area (Å²) in [7, 11) is 0. The molecule has 0 aliphatic heterocycles. The summed E-state index contributed by atoms with van der Waals surface area (Å²) < 4.78 is 13.6. The van der Waals surface area contributed by atoms with Crippen molar-refractivity contribution in [1.82, 2.24) is 4.98 Å². The van der Waals surface area contributed by atoms with Gasteiger partial charge in [0.2, 0.25) is 0 Å². The fourth-order valence-corrected chi connectivity index (χ4v) is 2.09. The molecule has 2 aromatic rings. The van der Waals surface area contributed by atoms with Crippen LogP contribution in [0.5, 0.6) is 0 Å². The monoisotopic (exact) mass is 264 g/mol. The highest BCUT2D eigenvalue weighted by Crippen LogP contribution is 2.33. The van der Waals surface area contributed by atoms with Gasteiger partial charge in [0.1, 0.15) is 5.82 Å². The zero-order valence-electron chi connectivity index (χ0n) is 10.2. The van der Waals surface area contributed by atoms with Crippen molar-refractivity contribution in [1.29, 1.82) is 0 Å². The summed E-state index contributed by atoms with van der Waals surface area (Å²) in [6, 6.07) is 4.61. The van der Waals surface area contributed by atoms with Crippen LogP contribution in [0.25, 0.3) is 11.1 Å². The topological polar surface area (TPSA) is 38.9 Å². The molecule has 0 spiro atoms. The van der Waals surface area contributed by atoms with Crippen LogP contribution in [-0.2, 0) is 0 Å². The van der Waals surface area contributed by atoms with Crippen LogP contribution in [0, 0.1) is 5.82 Å². The number of rotatable bonds is 2. The van der Waals surface area contributed by atoms with Crippen molar-refractivity contribution in [3.8, 4) is 11.1 Å². The maximum atomic E-state index is 13.6. The molecule has 0 atom stereocenters. The lowest BCUT2D eigenvalue weighted by molar-refractivity contribution is 0.624. The first-order valence-corrected chi connectivity index (χ1v) is 6.06. The highest BCUT2D eigenvalue weighted by molar-refractivity contribution is 6.30. The van der Waals surface area contributed by atoms with E-state index in [-0.39, 0.29) is 11.7 Å². The highest BCUT2D eigenvalue weighted by Gasteiger charge is 2.13. The first-order valence-electron chi connectivity index (χ1n) is 5.69. The molecule has 0 aliphatic carbocycles. The molecule has 1 aromatic carbocycles. The minimum Gasteiger partial charge on any atom is -0.398 e. The quantitative estimate of drug-likeness (QED) is 0.824. The number of hydrogen-bond acceptors (Lipinski definition) is 2. The third kappa shape index (κ3) is 2.46. The summed E-state index contributed by atoms with van der Waals surface area (Å²) in [4.78, 5) is 4.00. The number of pyridine rings is 1. The second-order valence-corrected chi connectivity index (χ2v) is 4.94. The van der Waals surface area contributed by atoms with Crippen molar-refractivity contribution in [2.24, 2.45) is 0 Å². The van der Waals surface area contributed by atoms with Gasteiger partial charge in [0, 0.05) is 29.2 Å². The Hall–Kier alpha value is -1.61. The van der Waals surface area contributed by atoms with E-state index in [1.165, 1.54) is 18.3 Å². The van der Waals surface area contributed by atoms with E-state index in [4.69, 9.17) is 17.3 Å². The summed E-state index contributed by atoms with van der Waals surface area (Å²) in [5, 5.41) is 0.502. The van der Waals surface area contributed by atoms with Crippen LogP contribution in [0.3, 0.4) is 0 Å². The molecule has 0 amide bonds. The molecule has 0 saturated heterocycles. The molecular formula is C14H14ClFN2. The van der Waals surface area contributed by atoms with E-state index in [0.29, 0.717) is 16.3 Å². The molecule has 94 valence electrons. The van der Waals surface area contributed by atoms with E-state index >= 15 is 0 Å². The van der Waals surface area contributed by atoms with Gasteiger partial charge in [-0.25, -0.2) is 4.39 Å². The van der Waals surface area contributed by atoms with Crippen molar-refractivity contribution in [3.05, 3.63) is 47.0 Å². The number of nitrogens with zero attached hydrogens (tertiary/aromatic N) is 1. The lowest BCUT2D eigenvalue weighted by Gasteiger charge is -2.14. The van der Waals surface area contributed by atoms with E-state index < -0.39 is 0 Å². The van der Waals surface area contributed by atoms with E-state index in [1.807, 2.05) is 13.8 Å². The Kier molecular flexibility index (Phi) is 3.53. The van der Waals surface area contributed by atoms with Gasteiger partial charge in [-0.1, -0.05) is 25.4 Å². The zero-order valence-corrected chi connectivity index (χ0v) is 11.0. The van der Waals surface area contributed by atoms with E-state index in [1.54, 1.807) is 12.3 Å². The standard InChI is InChI=1S/C14H14ClFN2/c1-8(2)12-4-11(16)5-13(14(12)17)9-3-10(15)7-18-6-9/h3-8H,17H2,1-2H3. The molecule has 1 heterocycles. The van der Waals surface area contributed by atoms with Gasteiger partial charge in [-0.2, -0.15) is 0 Å². The van der Waals surface area contributed by atoms with Crippen LogP contribution in [0.2, 0.25) is 5.02 Å². The lowest BCUT2D eigenvalue weighted by Crippen LogP contribution is -2.00. The fourth-order valence-electron chi connectivity index (χ4n) is 1.91. The van der Waals surface area contributed by atoms with Gasteiger partial charge >= 0.3 is 0 Å². The number of anilines is 1. The molecule has 2 nitrogen and oxygen atoms in total. The van der Waals surface area contributed by atoms with Gasteiger partial charge in [0.05, 0.1) is 5.02 Å². The zero-order chi connectivity index (χ0) is 13.3. The highest BCUT2D eigenvalue weighted by atomic mass is 35.5. The molecule has 0 unspecified atom stereocenters. The van der Waals surface area contributed by atoms with Crippen molar-refractivity contribution < 1.29 is 4.39 Å². The largest absolute Gasteiger partial charge is 0.398 e. The van der Waals surface area contributed by atoms with Crippen molar-refractivity contribution in [2.45, 2.75) is 19.8 Å². The molecule has 0 bridgehead atoms. The fraction of sp³-hybridized carbons (Fsp3) is 0.214. The summed E-state index contributed by atoms with van der Waals surface area (Å²) >= 11 is 5.89. The summed E-state index contributed by atoms with van der Waals surface area (Å²) in [5.74, 6) is -0.144. The van der Waals surface area contributed by atoms with Crippen molar-refractivity contribution in [2.75, 3.05) is 5.73 Å². The molecule has 1 aromatic heterocycles. The molecule has 2 rings (SSSR count). The molecular weight excluding hydrogens is 251 g/mol. The molecule has 0 aliphatic rings. The molecule has 4 heteroatoms. The van der Waals surface area contributed by atoms with Gasteiger partial charge in [0.15, 0.2) is 0 Å². The Bertz CT molecular complexity index is 582. The van der Waals surface area contributed by atoms with Gasteiger partial charge in [-0.15, -0.1) is 0 Å². The average Bonchev–Trinajstić information content (AvgIpc) is 2.31. The molecule has 0 radical (unpaired) electrons. The minimum atomic E-state index is -0.303. The molecule has 18 heavy (non-hydrogen) atoms. The average molecular weight is 265 g/mol. The van der Waals surface area contributed by atoms with Crippen LogP contribution < -0.4 is 5.73 Å². The minimum absolute atomic E-state index is 0.159. The first kappa shape index (κ1) is 12.8.